The van der Waals surface area contributed by atoms with Crippen LogP contribution in [-0.2, 0) is 9.53 Å². The third-order valence-corrected chi connectivity index (χ3v) is 5.92. The van der Waals surface area contributed by atoms with Gasteiger partial charge < -0.3 is 14.4 Å². The van der Waals surface area contributed by atoms with E-state index < -0.39 is 30.1 Å². The molecule has 0 aromatic heterocycles. The first-order chi connectivity index (χ1) is 14.9. The van der Waals surface area contributed by atoms with Gasteiger partial charge in [0.25, 0.3) is 11.8 Å². The molecule has 5 rings (SSSR count). The molecule has 2 atom stereocenters. The van der Waals surface area contributed by atoms with Gasteiger partial charge >= 0.3 is 6.09 Å². The van der Waals surface area contributed by atoms with Gasteiger partial charge in [0.05, 0.1) is 23.4 Å². The van der Waals surface area contributed by atoms with Crippen molar-refractivity contribution in [3.63, 3.8) is 0 Å². The summed E-state index contributed by atoms with van der Waals surface area (Å²) < 4.78 is 11.4. The zero-order valence-corrected chi connectivity index (χ0v) is 16.9. The van der Waals surface area contributed by atoms with Gasteiger partial charge in [0.15, 0.2) is 0 Å². The van der Waals surface area contributed by atoms with Crippen molar-refractivity contribution in [2.75, 3.05) is 30.0 Å². The number of hydrogen-bond donors (Lipinski definition) is 0. The van der Waals surface area contributed by atoms with Gasteiger partial charge in [-0.3, -0.25) is 24.2 Å². The van der Waals surface area contributed by atoms with Gasteiger partial charge in [-0.1, -0.05) is 12.1 Å². The number of anilines is 2. The molecule has 3 heterocycles. The first kappa shape index (κ1) is 19.1. The summed E-state index contributed by atoms with van der Waals surface area (Å²) >= 11 is 0. The minimum Gasteiger partial charge on any atom is -0.489 e. The molecule has 0 spiro atoms. The average Bonchev–Trinajstić information content (AvgIpc) is 3.22. The second kappa shape index (κ2) is 6.83. The molecule has 0 bridgehead atoms. The van der Waals surface area contributed by atoms with Crippen LogP contribution in [0.1, 0.15) is 27.6 Å². The van der Waals surface area contributed by atoms with Gasteiger partial charge in [0.2, 0.25) is 5.91 Å². The van der Waals surface area contributed by atoms with E-state index in [0.29, 0.717) is 28.3 Å². The lowest BCUT2D eigenvalue weighted by Gasteiger charge is -2.32. The Hall–Kier alpha value is -3.88. The van der Waals surface area contributed by atoms with Gasteiger partial charge in [-0.2, -0.15) is 0 Å². The Labute approximate surface area is 177 Å². The maximum absolute atomic E-state index is 12.7. The molecule has 2 aromatic rings. The third kappa shape index (κ3) is 2.84. The zero-order chi connectivity index (χ0) is 21.9. The fraction of sp³-hybridized carbons (Fsp3) is 0.273. The van der Waals surface area contributed by atoms with Crippen LogP contribution in [0.15, 0.2) is 42.5 Å². The van der Waals surface area contributed by atoms with Crippen LogP contribution in [0, 0.1) is 0 Å². The molecule has 0 unspecified atom stereocenters. The molecule has 3 aliphatic rings. The number of fused-ring (bicyclic) bond motifs is 4. The summed E-state index contributed by atoms with van der Waals surface area (Å²) in [6, 6.07) is 11.2. The second-order valence-electron chi connectivity index (χ2n) is 7.67. The van der Waals surface area contributed by atoms with Crippen molar-refractivity contribution >= 4 is 35.2 Å². The van der Waals surface area contributed by atoms with Gasteiger partial charge in [0, 0.05) is 25.7 Å². The smallest absolute Gasteiger partial charge is 0.415 e. The molecular weight excluding hydrogens is 402 g/mol. The van der Waals surface area contributed by atoms with E-state index in [1.54, 1.807) is 49.5 Å². The molecule has 31 heavy (non-hydrogen) atoms. The number of amides is 4. The van der Waals surface area contributed by atoms with E-state index in [1.165, 1.54) is 16.7 Å². The van der Waals surface area contributed by atoms with Crippen LogP contribution in [0.25, 0.3) is 0 Å². The van der Waals surface area contributed by atoms with Crippen LogP contribution in [-0.4, -0.2) is 61.1 Å². The molecule has 0 saturated carbocycles. The Morgan fingerprint density at radius 3 is 2.42 bits per heavy atom. The monoisotopic (exact) mass is 421 g/mol. The van der Waals surface area contributed by atoms with Crippen molar-refractivity contribution in [3.05, 3.63) is 53.6 Å². The highest BCUT2D eigenvalue weighted by molar-refractivity contribution is 6.21. The first-order valence-electron chi connectivity index (χ1n) is 9.83. The van der Waals surface area contributed by atoms with Crippen LogP contribution in [0.3, 0.4) is 0 Å². The lowest BCUT2D eigenvalue weighted by molar-refractivity contribution is -0.116. The number of hydrogen-bond acceptors (Lipinski definition) is 6. The third-order valence-electron chi connectivity index (χ3n) is 5.92. The number of benzene rings is 2. The molecule has 9 nitrogen and oxygen atoms in total. The number of nitrogens with zero attached hydrogens (tertiary/aromatic N) is 3. The predicted molar refractivity (Wildman–Crippen MR) is 109 cm³/mol. The Kier molecular flexibility index (Phi) is 4.21. The molecule has 9 heteroatoms. The quantitative estimate of drug-likeness (QED) is 0.704. The first-order valence-corrected chi connectivity index (χ1v) is 9.83. The number of ether oxygens (including phenoxy) is 2. The van der Waals surface area contributed by atoms with Crippen LogP contribution >= 0.6 is 0 Å². The largest absolute Gasteiger partial charge is 0.489 e. The zero-order valence-electron chi connectivity index (χ0n) is 16.9. The lowest BCUT2D eigenvalue weighted by Crippen LogP contribution is -2.48. The highest BCUT2D eigenvalue weighted by Gasteiger charge is 2.49. The number of carbonyl (C=O) groups excluding carboxylic acids is 4. The highest BCUT2D eigenvalue weighted by Crippen LogP contribution is 2.41. The van der Waals surface area contributed by atoms with Crippen molar-refractivity contribution < 1.29 is 28.7 Å². The van der Waals surface area contributed by atoms with Crippen molar-refractivity contribution in [1.82, 2.24) is 4.90 Å². The Bertz CT molecular complexity index is 1110. The number of cyclic esters (lactones) is 1. The van der Waals surface area contributed by atoms with E-state index >= 15 is 0 Å². The van der Waals surface area contributed by atoms with E-state index in [4.69, 9.17) is 9.47 Å². The van der Waals surface area contributed by atoms with Crippen LogP contribution in [0.5, 0.6) is 5.75 Å². The second-order valence-corrected chi connectivity index (χ2v) is 7.67. The summed E-state index contributed by atoms with van der Waals surface area (Å²) in [7, 11) is 1.65. The molecule has 0 radical (unpaired) electrons. The van der Waals surface area contributed by atoms with Crippen LogP contribution in [0.4, 0.5) is 16.2 Å². The van der Waals surface area contributed by atoms with Gasteiger partial charge in [-0.15, -0.1) is 0 Å². The predicted octanol–water partition coefficient (Wildman–Crippen LogP) is 2.05. The minimum atomic E-state index is -0.720. The summed E-state index contributed by atoms with van der Waals surface area (Å²) in [6.07, 6.45) is -1.29. The molecule has 4 amide bonds. The van der Waals surface area contributed by atoms with Crippen molar-refractivity contribution in [2.24, 2.45) is 0 Å². The van der Waals surface area contributed by atoms with Gasteiger partial charge in [0.1, 0.15) is 24.5 Å². The lowest BCUT2D eigenvalue weighted by atomic mass is 10.1. The molecule has 1 fully saturated rings. The standard InChI is InChI=1S/C22H19N3O6/c1-12(26)23(2)13-7-8-16-18(9-13)30-11-17-19(31-22(29)25(16)17)10-24-20(27)14-5-3-4-6-15(14)21(24)28/h3-9,17,19H,10-11H2,1-2H3/t17-,19-/m0/s1. The molecular formula is C22H19N3O6. The van der Waals surface area contributed by atoms with E-state index in [2.05, 4.69) is 0 Å². The topological polar surface area (TPSA) is 96.5 Å². The Balaban J connectivity index is 1.39. The normalized spacial score (nSPS) is 21.3. The minimum absolute atomic E-state index is 0.0525. The van der Waals surface area contributed by atoms with E-state index in [9.17, 15) is 19.2 Å². The Morgan fingerprint density at radius 2 is 1.77 bits per heavy atom. The van der Waals surface area contributed by atoms with Gasteiger partial charge in [-0.05, 0) is 24.3 Å². The number of rotatable bonds is 3. The van der Waals surface area contributed by atoms with Crippen molar-refractivity contribution in [2.45, 2.75) is 19.1 Å². The highest BCUT2D eigenvalue weighted by atomic mass is 16.6. The van der Waals surface area contributed by atoms with E-state index in [0.717, 1.165) is 4.90 Å². The summed E-state index contributed by atoms with van der Waals surface area (Å²) in [5, 5.41) is 0. The molecule has 3 aliphatic heterocycles. The summed E-state index contributed by atoms with van der Waals surface area (Å²) in [5.74, 6) is -0.469. The number of imide groups is 1. The van der Waals surface area contributed by atoms with Crippen LogP contribution in [0.2, 0.25) is 0 Å². The summed E-state index contributed by atoms with van der Waals surface area (Å²) in [4.78, 5) is 53.7. The molecule has 0 N–H and O–H groups in total. The van der Waals surface area contributed by atoms with Crippen LogP contribution < -0.4 is 14.5 Å². The summed E-state index contributed by atoms with van der Waals surface area (Å²) in [6.45, 7) is 1.54. The van der Waals surface area contributed by atoms with Crippen molar-refractivity contribution in [3.8, 4) is 5.75 Å². The fourth-order valence-corrected chi connectivity index (χ4v) is 4.15. The summed E-state index contributed by atoms with van der Waals surface area (Å²) in [5.41, 5.74) is 1.86. The molecule has 158 valence electrons. The number of carbonyl (C=O) groups is 4. The maximum atomic E-state index is 12.7. The molecule has 2 aromatic carbocycles. The average molecular weight is 421 g/mol. The maximum Gasteiger partial charge on any atom is 0.415 e. The Morgan fingerprint density at radius 1 is 1.10 bits per heavy atom. The SMILES string of the molecule is CC(=O)N(C)c1ccc2c(c1)OC[C@H]1[C@H](CN3C(=O)c4ccccc4C3=O)OC(=O)N21. The van der Waals surface area contributed by atoms with E-state index in [1.807, 2.05) is 0 Å². The van der Waals surface area contributed by atoms with E-state index in [-0.39, 0.29) is 19.1 Å². The van der Waals surface area contributed by atoms with Crippen molar-refractivity contribution in [1.29, 1.82) is 0 Å². The fourth-order valence-electron chi connectivity index (χ4n) is 4.15. The molecule has 1 saturated heterocycles. The molecule has 0 aliphatic carbocycles. The van der Waals surface area contributed by atoms with Gasteiger partial charge in [-0.25, -0.2) is 4.79 Å².